The Labute approximate surface area is 180 Å². The number of cyclic esters (lactones) is 1. The molecule has 7 nitrogen and oxygen atoms in total. The molecule has 1 amide bonds. The summed E-state index contributed by atoms with van der Waals surface area (Å²) in [5.74, 6) is 0.696. The number of likely N-dealkylation sites (tertiary alicyclic amines) is 1. The molecule has 160 valence electrons. The van der Waals surface area contributed by atoms with Crippen LogP contribution in [0.1, 0.15) is 29.5 Å². The molecule has 0 radical (unpaired) electrons. The molecule has 1 saturated heterocycles. The van der Waals surface area contributed by atoms with Crippen molar-refractivity contribution in [2.24, 2.45) is 4.99 Å². The molecule has 0 bridgehead atoms. The Morgan fingerprint density at radius 2 is 1.94 bits per heavy atom. The van der Waals surface area contributed by atoms with Crippen molar-refractivity contribution < 1.29 is 23.8 Å². The van der Waals surface area contributed by atoms with Crippen molar-refractivity contribution in [3.05, 3.63) is 64.9 Å². The van der Waals surface area contributed by atoms with E-state index in [2.05, 4.69) is 4.99 Å². The van der Waals surface area contributed by atoms with Gasteiger partial charge in [0.15, 0.2) is 23.8 Å². The van der Waals surface area contributed by atoms with Gasteiger partial charge in [-0.15, -0.1) is 0 Å². The van der Waals surface area contributed by atoms with E-state index in [4.69, 9.17) is 14.2 Å². The second kappa shape index (κ2) is 9.04. The molecule has 0 atom stereocenters. The molecule has 2 aliphatic heterocycles. The molecule has 2 aliphatic rings. The Bertz CT molecular complexity index is 1070. The third-order valence-electron chi connectivity index (χ3n) is 5.30. The first-order valence-corrected chi connectivity index (χ1v) is 10.2. The summed E-state index contributed by atoms with van der Waals surface area (Å²) < 4.78 is 16.4. The predicted octanol–water partition coefficient (Wildman–Crippen LogP) is 3.35. The monoisotopic (exact) mass is 420 g/mol. The minimum absolute atomic E-state index is 0.0301. The van der Waals surface area contributed by atoms with Gasteiger partial charge in [-0.25, -0.2) is 9.79 Å². The number of ether oxygens (including phenoxy) is 3. The highest BCUT2D eigenvalue weighted by Gasteiger charge is 2.25. The molecule has 0 unspecified atom stereocenters. The normalized spacial score (nSPS) is 17.0. The van der Waals surface area contributed by atoms with Gasteiger partial charge < -0.3 is 19.1 Å². The summed E-state index contributed by atoms with van der Waals surface area (Å²) in [6.45, 7) is 3.47. The fourth-order valence-corrected chi connectivity index (χ4v) is 3.59. The van der Waals surface area contributed by atoms with Gasteiger partial charge in [0.1, 0.15) is 0 Å². The number of carbonyl (C=O) groups is 2. The van der Waals surface area contributed by atoms with Crippen molar-refractivity contribution in [3.8, 4) is 11.5 Å². The molecular formula is C24H24N2O5. The number of methoxy groups -OCH3 is 1. The standard InChI is InChI=1S/C24H24N2O5/c1-16-7-3-4-8-18(16)23-25-19(24(28)31-23)13-17-9-10-20(21(14-17)29-2)30-15-22(27)26-11-5-6-12-26/h3-4,7-10,13-14H,5-6,11-12,15H2,1-2H3/b19-13-. The summed E-state index contributed by atoms with van der Waals surface area (Å²) in [6.07, 6.45) is 3.71. The van der Waals surface area contributed by atoms with E-state index in [0.717, 1.165) is 37.1 Å². The average Bonchev–Trinajstić information content (AvgIpc) is 3.43. The lowest BCUT2D eigenvalue weighted by Gasteiger charge is -2.16. The first kappa shape index (κ1) is 20.7. The van der Waals surface area contributed by atoms with Gasteiger partial charge in [0.25, 0.3) is 5.91 Å². The highest BCUT2D eigenvalue weighted by molar-refractivity contribution is 6.13. The Morgan fingerprint density at radius 3 is 2.68 bits per heavy atom. The molecule has 0 aromatic heterocycles. The van der Waals surface area contributed by atoms with Crippen LogP contribution in [0.3, 0.4) is 0 Å². The molecule has 7 heteroatoms. The van der Waals surface area contributed by atoms with Crippen molar-refractivity contribution in [1.29, 1.82) is 0 Å². The lowest BCUT2D eigenvalue weighted by atomic mass is 10.1. The number of benzene rings is 2. The number of carbonyl (C=O) groups excluding carboxylic acids is 2. The van der Waals surface area contributed by atoms with Gasteiger partial charge in [0, 0.05) is 18.7 Å². The van der Waals surface area contributed by atoms with E-state index in [1.807, 2.05) is 31.2 Å². The zero-order chi connectivity index (χ0) is 21.8. The second-order valence-electron chi connectivity index (χ2n) is 7.44. The van der Waals surface area contributed by atoms with Gasteiger partial charge >= 0.3 is 5.97 Å². The number of esters is 1. The van der Waals surface area contributed by atoms with Crippen LogP contribution in [0, 0.1) is 6.92 Å². The van der Waals surface area contributed by atoms with Crippen LogP contribution >= 0.6 is 0 Å². The van der Waals surface area contributed by atoms with Crippen LogP contribution in [0.15, 0.2) is 53.2 Å². The molecular weight excluding hydrogens is 396 g/mol. The van der Waals surface area contributed by atoms with E-state index in [9.17, 15) is 9.59 Å². The fraction of sp³-hybridized carbons (Fsp3) is 0.292. The van der Waals surface area contributed by atoms with Crippen LogP contribution in [0.5, 0.6) is 11.5 Å². The maximum atomic E-state index is 12.3. The van der Waals surface area contributed by atoms with Crippen LogP contribution in [0.25, 0.3) is 6.08 Å². The van der Waals surface area contributed by atoms with E-state index in [1.165, 1.54) is 7.11 Å². The minimum Gasteiger partial charge on any atom is -0.493 e. The highest BCUT2D eigenvalue weighted by Crippen LogP contribution is 2.30. The molecule has 2 aromatic carbocycles. The topological polar surface area (TPSA) is 77.4 Å². The van der Waals surface area contributed by atoms with Gasteiger partial charge in [-0.1, -0.05) is 24.3 Å². The van der Waals surface area contributed by atoms with Gasteiger partial charge in [-0.3, -0.25) is 4.79 Å². The Kier molecular flexibility index (Phi) is 6.02. The quantitative estimate of drug-likeness (QED) is 0.529. The smallest absolute Gasteiger partial charge is 0.363 e. The average molecular weight is 420 g/mol. The SMILES string of the molecule is COc1cc(/C=C2\N=C(c3ccccc3C)OC2=O)ccc1OCC(=O)N1CCCC1. The summed E-state index contributed by atoms with van der Waals surface area (Å²) in [5, 5.41) is 0. The van der Waals surface area contributed by atoms with E-state index in [-0.39, 0.29) is 18.2 Å². The highest BCUT2D eigenvalue weighted by atomic mass is 16.6. The van der Waals surface area contributed by atoms with Crippen molar-refractivity contribution in [3.63, 3.8) is 0 Å². The van der Waals surface area contributed by atoms with Gasteiger partial charge in [-0.05, 0) is 55.2 Å². The zero-order valence-corrected chi connectivity index (χ0v) is 17.6. The third-order valence-corrected chi connectivity index (χ3v) is 5.30. The number of hydrogen-bond acceptors (Lipinski definition) is 6. The molecule has 0 N–H and O–H groups in total. The minimum atomic E-state index is -0.506. The number of nitrogens with zero attached hydrogens (tertiary/aromatic N) is 2. The number of aliphatic imine (C=N–C) groups is 1. The largest absolute Gasteiger partial charge is 0.493 e. The van der Waals surface area contributed by atoms with E-state index >= 15 is 0 Å². The Balaban J connectivity index is 1.50. The molecule has 4 rings (SSSR count). The maximum Gasteiger partial charge on any atom is 0.363 e. The van der Waals surface area contributed by atoms with E-state index in [0.29, 0.717) is 23.0 Å². The van der Waals surface area contributed by atoms with Crippen LogP contribution in [0.4, 0.5) is 0 Å². The van der Waals surface area contributed by atoms with E-state index < -0.39 is 5.97 Å². The van der Waals surface area contributed by atoms with Crippen molar-refractivity contribution in [1.82, 2.24) is 4.90 Å². The summed E-state index contributed by atoms with van der Waals surface area (Å²) >= 11 is 0. The van der Waals surface area contributed by atoms with Gasteiger partial charge in [-0.2, -0.15) is 0 Å². The van der Waals surface area contributed by atoms with Crippen LogP contribution in [0.2, 0.25) is 0 Å². The zero-order valence-electron chi connectivity index (χ0n) is 17.6. The summed E-state index contributed by atoms with van der Waals surface area (Å²) in [6, 6.07) is 12.8. The molecule has 0 aliphatic carbocycles. The molecule has 31 heavy (non-hydrogen) atoms. The first-order chi connectivity index (χ1) is 15.0. The summed E-state index contributed by atoms with van der Waals surface area (Å²) in [5.41, 5.74) is 2.67. The third kappa shape index (κ3) is 4.60. The molecule has 2 aromatic rings. The van der Waals surface area contributed by atoms with Crippen LogP contribution < -0.4 is 9.47 Å². The fourth-order valence-electron chi connectivity index (χ4n) is 3.59. The van der Waals surface area contributed by atoms with Crippen LogP contribution in [-0.2, 0) is 14.3 Å². The van der Waals surface area contributed by atoms with Crippen molar-refractivity contribution in [2.75, 3.05) is 26.8 Å². The van der Waals surface area contributed by atoms with Crippen molar-refractivity contribution >= 4 is 23.9 Å². The number of amides is 1. The van der Waals surface area contributed by atoms with E-state index in [1.54, 1.807) is 29.2 Å². The predicted molar refractivity (Wildman–Crippen MR) is 116 cm³/mol. The lowest BCUT2D eigenvalue weighted by Crippen LogP contribution is -2.32. The number of rotatable bonds is 6. The molecule has 2 heterocycles. The molecule has 0 saturated carbocycles. The number of hydrogen-bond donors (Lipinski definition) is 0. The van der Waals surface area contributed by atoms with Gasteiger partial charge in [0.2, 0.25) is 5.90 Å². The molecule has 0 spiro atoms. The summed E-state index contributed by atoms with van der Waals surface area (Å²) in [4.78, 5) is 30.7. The number of aryl methyl sites for hydroxylation is 1. The Morgan fingerprint density at radius 1 is 1.16 bits per heavy atom. The summed E-state index contributed by atoms with van der Waals surface area (Å²) in [7, 11) is 1.53. The first-order valence-electron chi connectivity index (χ1n) is 10.2. The van der Waals surface area contributed by atoms with Gasteiger partial charge in [0.05, 0.1) is 7.11 Å². The second-order valence-corrected chi connectivity index (χ2v) is 7.44. The lowest BCUT2D eigenvalue weighted by molar-refractivity contribution is -0.132. The van der Waals surface area contributed by atoms with Crippen molar-refractivity contribution in [2.45, 2.75) is 19.8 Å². The maximum absolute atomic E-state index is 12.3. The van der Waals surface area contributed by atoms with Crippen LogP contribution in [-0.4, -0.2) is 49.5 Å². The molecule has 1 fully saturated rings. The Hall–Kier alpha value is -3.61.